The highest BCUT2D eigenvalue weighted by Crippen LogP contribution is 2.42. The molecular weight excluding hydrogens is 172 g/mol. The van der Waals surface area contributed by atoms with E-state index in [4.69, 9.17) is 5.73 Å². The summed E-state index contributed by atoms with van der Waals surface area (Å²) in [5.74, 6) is 0. The molecule has 0 aromatic heterocycles. The third-order valence-electron chi connectivity index (χ3n) is 3.90. The van der Waals surface area contributed by atoms with Crippen molar-refractivity contribution in [3.05, 3.63) is 12.2 Å². The Hall–Kier alpha value is -0.340. The largest absolute Gasteiger partial charge is 0.327 e. The summed E-state index contributed by atoms with van der Waals surface area (Å²) in [5.41, 5.74) is 6.05. The lowest BCUT2D eigenvalue weighted by atomic mass is 9.94. The van der Waals surface area contributed by atoms with Crippen LogP contribution in [-0.2, 0) is 0 Å². The van der Waals surface area contributed by atoms with Crippen molar-refractivity contribution in [2.45, 2.75) is 44.1 Å². The number of likely N-dealkylation sites (tertiary alicyclic amines) is 1. The van der Waals surface area contributed by atoms with Crippen molar-refractivity contribution in [2.24, 2.45) is 5.73 Å². The molecule has 1 heterocycles. The zero-order valence-corrected chi connectivity index (χ0v) is 9.04. The average Bonchev–Trinajstić information content (AvgIpc) is 2.80. The highest BCUT2D eigenvalue weighted by Gasteiger charge is 2.41. The zero-order valence-electron chi connectivity index (χ0n) is 9.04. The normalized spacial score (nSPS) is 26.9. The van der Waals surface area contributed by atoms with E-state index >= 15 is 0 Å². The first-order chi connectivity index (χ1) is 6.87. The average molecular weight is 194 g/mol. The maximum Gasteiger partial charge on any atom is 0.0213 e. The molecule has 0 atom stereocenters. The summed E-state index contributed by atoms with van der Waals surface area (Å²) in [6, 6.07) is 0. The molecule has 1 saturated carbocycles. The quantitative estimate of drug-likeness (QED) is 0.695. The number of nitrogens with zero attached hydrogens (tertiary/aromatic N) is 1. The van der Waals surface area contributed by atoms with Crippen LogP contribution >= 0.6 is 0 Å². The maximum atomic E-state index is 5.45. The summed E-state index contributed by atoms with van der Waals surface area (Å²) in [6.07, 6.45) is 12.9. The Morgan fingerprint density at radius 3 is 2.50 bits per heavy atom. The lowest BCUT2D eigenvalue weighted by Gasteiger charge is -2.34. The SMILES string of the molecule is NC/C=C/CN1CCCC12CCCC2. The number of hydrogen-bond acceptors (Lipinski definition) is 2. The summed E-state index contributed by atoms with van der Waals surface area (Å²) in [6.45, 7) is 3.10. The van der Waals surface area contributed by atoms with Crippen LogP contribution in [-0.4, -0.2) is 30.1 Å². The number of hydrogen-bond donors (Lipinski definition) is 1. The van der Waals surface area contributed by atoms with Crippen LogP contribution in [0.15, 0.2) is 12.2 Å². The van der Waals surface area contributed by atoms with E-state index in [1.165, 1.54) is 45.1 Å². The molecule has 2 N–H and O–H groups in total. The van der Waals surface area contributed by atoms with Gasteiger partial charge in [0.25, 0.3) is 0 Å². The van der Waals surface area contributed by atoms with Crippen molar-refractivity contribution >= 4 is 0 Å². The number of nitrogens with two attached hydrogens (primary N) is 1. The summed E-state index contributed by atoms with van der Waals surface area (Å²) in [5, 5.41) is 0. The third-order valence-corrected chi connectivity index (χ3v) is 3.90. The van der Waals surface area contributed by atoms with Crippen molar-refractivity contribution in [3.63, 3.8) is 0 Å². The number of rotatable bonds is 3. The van der Waals surface area contributed by atoms with Crippen molar-refractivity contribution in [3.8, 4) is 0 Å². The van der Waals surface area contributed by atoms with Gasteiger partial charge in [0, 0.05) is 18.6 Å². The topological polar surface area (TPSA) is 29.3 Å². The molecule has 80 valence electrons. The van der Waals surface area contributed by atoms with E-state index in [0.29, 0.717) is 12.1 Å². The molecule has 0 aromatic rings. The molecule has 14 heavy (non-hydrogen) atoms. The second kappa shape index (κ2) is 4.45. The first-order valence-corrected chi connectivity index (χ1v) is 5.97. The Kier molecular flexibility index (Phi) is 3.24. The minimum absolute atomic E-state index is 0.596. The molecule has 0 unspecified atom stereocenters. The monoisotopic (exact) mass is 194 g/mol. The van der Waals surface area contributed by atoms with Gasteiger partial charge in [0.2, 0.25) is 0 Å². The van der Waals surface area contributed by atoms with Gasteiger partial charge in [-0.25, -0.2) is 0 Å². The summed E-state index contributed by atoms with van der Waals surface area (Å²) < 4.78 is 0. The predicted molar refractivity (Wildman–Crippen MR) is 60.2 cm³/mol. The van der Waals surface area contributed by atoms with Gasteiger partial charge in [-0.1, -0.05) is 25.0 Å². The lowest BCUT2D eigenvalue weighted by molar-refractivity contribution is 0.160. The van der Waals surface area contributed by atoms with Gasteiger partial charge in [-0.2, -0.15) is 0 Å². The van der Waals surface area contributed by atoms with Crippen LogP contribution in [0, 0.1) is 0 Å². The fourth-order valence-corrected chi connectivity index (χ4v) is 3.18. The maximum absolute atomic E-state index is 5.45. The van der Waals surface area contributed by atoms with Crippen LogP contribution in [0.1, 0.15) is 38.5 Å². The van der Waals surface area contributed by atoms with Crippen molar-refractivity contribution in [1.29, 1.82) is 0 Å². The second-order valence-corrected chi connectivity index (χ2v) is 4.69. The van der Waals surface area contributed by atoms with Gasteiger partial charge >= 0.3 is 0 Å². The second-order valence-electron chi connectivity index (χ2n) is 4.69. The fourth-order valence-electron chi connectivity index (χ4n) is 3.18. The van der Waals surface area contributed by atoms with Gasteiger partial charge in [0.15, 0.2) is 0 Å². The van der Waals surface area contributed by atoms with Gasteiger partial charge in [0.05, 0.1) is 0 Å². The van der Waals surface area contributed by atoms with Crippen molar-refractivity contribution < 1.29 is 0 Å². The molecule has 1 spiro atoms. The Bertz CT molecular complexity index is 199. The summed E-state index contributed by atoms with van der Waals surface area (Å²) >= 11 is 0. The molecule has 2 nitrogen and oxygen atoms in total. The Labute approximate surface area is 87.2 Å². The molecular formula is C12H22N2. The molecule has 1 aliphatic carbocycles. The first kappa shape index (κ1) is 10.2. The minimum atomic E-state index is 0.596. The van der Waals surface area contributed by atoms with Gasteiger partial charge in [0.1, 0.15) is 0 Å². The first-order valence-electron chi connectivity index (χ1n) is 5.97. The highest BCUT2D eigenvalue weighted by molar-refractivity contribution is 5.01. The van der Waals surface area contributed by atoms with Crippen LogP contribution in [0.3, 0.4) is 0 Å². The zero-order chi connectivity index (χ0) is 9.86. The molecule has 0 radical (unpaired) electrons. The molecule has 1 aliphatic heterocycles. The van der Waals surface area contributed by atoms with Crippen LogP contribution in [0.2, 0.25) is 0 Å². The van der Waals surface area contributed by atoms with Gasteiger partial charge < -0.3 is 5.73 Å². The van der Waals surface area contributed by atoms with Crippen LogP contribution in [0.25, 0.3) is 0 Å². The fraction of sp³-hybridized carbons (Fsp3) is 0.833. The molecule has 0 amide bonds. The Morgan fingerprint density at radius 2 is 1.79 bits per heavy atom. The van der Waals surface area contributed by atoms with E-state index in [2.05, 4.69) is 17.1 Å². The van der Waals surface area contributed by atoms with E-state index in [9.17, 15) is 0 Å². The lowest BCUT2D eigenvalue weighted by Crippen LogP contribution is -2.41. The van der Waals surface area contributed by atoms with E-state index in [1.807, 2.05) is 0 Å². The van der Waals surface area contributed by atoms with Gasteiger partial charge in [-0.05, 0) is 32.2 Å². The van der Waals surface area contributed by atoms with Crippen LogP contribution < -0.4 is 5.73 Å². The third kappa shape index (κ3) is 1.86. The molecule has 2 rings (SSSR count). The summed E-state index contributed by atoms with van der Waals surface area (Å²) in [4.78, 5) is 2.69. The standard InChI is InChI=1S/C12H22N2/c13-9-3-4-10-14-11-5-8-12(14)6-1-2-7-12/h3-4H,1-2,5-11,13H2/b4-3+. The van der Waals surface area contributed by atoms with E-state index in [-0.39, 0.29) is 0 Å². The molecule has 0 aromatic carbocycles. The van der Waals surface area contributed by atoms with Gasteiger partial charge in [-0.3, -0.25) is 4.90 Å². The van der Waals surface area contributed by atoms with Gasteiger partial charge in [-0.15, -0.1) is 0 Å². The summed E-state index contributed by atoms with van der Waals surface area (Å²) in [7, 11) is 0. The predicted octanol–water partition coefficient (Wildman–Crippen LogP) is 1.91. The van der Waals surface area contributed by atoms with Crippen molar-refractivity contribution in [2.75, 3.05) is 19.6 Å². The van der Waals surface area contributed by atoms with E-state index < -0.39 is 0 Å². The Morgan fingerprint density at radius 1 is 1.07 bits per heavy atom. The van der Waals surface area contributed by atoms with Crippen molar-refractivity contribution in [1.82, 2.24) is 4.90 Å². The van der Waals surface area contributed by atoms with E-state index in [0.717, 1.165) is 6.54 Å². The minimum Gasteiger partial charge on any atom is -0.327 e. The Balaban J connectivity index is 1.93. The molecule has 2 fully saturated rings. The molecule has 2 heteroatoms. The molecule has 2 aliphatic rings. The molecule has 1 saturated heterocycles. The van der Waals surface area contributed by atoms with Crippen LogP contribution in [0.5, 0.6) is 0 Å². The highest BCUT2D eigenvalue weighted by atomic mass is 15.2. The van der Waals surface area contributed by atoms with E-state index in [1.54, 1.807) is 0 Å². The molecule has 0 bridgehead atoms. The van der Waals surface area contributed by atoms with Crippen LogP contribution in [0.4, 0.5) is 0 Å². The smallest absolute Gasteiger partial charge is 0.0213 e.